The minimum Gasteiger partial charge on any atom is -0.324 e. The van der Waals surface area contributed by atoms with Crippen LogP contribution in [0.25, 0.3) is 17.1 Å². The van der Waals surface area contributed by atoms with Gasteiger partial charge in [0.1, 0.15) is 0 Å². The van der Waals surface area contributed by atoms with Gasteiger partial charge in [-0.15, -0.1) is 10.2 Å². The quantitative estimate of drug-likeness (QED) is 0.292. The Morgan fingerprint density at radius 1 is 0.970 bits per heavy atom. The summed E-state index contributed by atoms with van der Waals surface area (Å²) in [6.07, 6.45) is 0. The van der Waals surface area contributed by atoms with Crippen LogP contribution in [0.1, 0.15) is 18.1 Å². The zero-order chi connectivity index (χ0) is 23.5. The fraction of sp³-hybridized carbons (Fsp3) is 0.160. The fourth-order valence-corrected chi connectivity index (χ4v) is 4.51. The van der Waals surface area contributed by atoms with E-state index < -0.39 is 5.25 Å². The predicted molar refractivity (Wildman–Crippen MR) is 137 cm³/mol. The van der Waals surface area contributed by atoms with Gasteiger partial charge < -0.3 is 5.32 Å². The van der Waals surface area contributed by atoms with E-state index in [9.17, 15) is 4.79 Å². The molecule has 1 heterocycles. The maximum Gasteiger partial charge on any atom is 0.237 e. The van der Waals surface area contributed by atoms with Crippen LogP contribution in [0, 0.1) is 13.8 Å². The normalized spacial score (nSPS) is 11.9. The number of anilines is 1. The summed E-state index contributed by atoms with van der Waals surface area (Å²) in [4.78, 5) is 12.9. The van der Waals surface area contributed by atoms with Gasteiger partial charge in [0.05, 0.1) is 21.0 Å². The molecule has 8 heteroatoms. The van der Waals surface area contributed by atoms with E-state index in [-0.39, 0.29) is 5.91 Å². The molecule has 0 saturated heterocycles. The van der Waals surface area contributed by atoms with Crippen molar-refractivity contribution in [3.8, 4) is 17.1 Å². The molecule has 1 N–H and O–H groups in total. The van der Waals surface area contributed by atoms with Crippen LogP contribution < -0.4 is 5.32 Å². The highest BCUT2D eigenvalue weighted by Crippen LogP contribution is 2.33. The molecule has 1 amide bonds. The summed E-state index contributed by atoms with van der Waals surface area (Å²) in [6, 6.07) is 21.4. The summed E-state index contributed by atoms with van der Waals surface area (Å²) in [5.41, 5.74) is 4.64. The van der Waals surface area contributed by atoms with Crippen molar-refractivity contribution in [3.05, 3.63) is 87.9 Å². The molecule has 1 unspecified atom stereocenters. The van der Waals surface area contributed by atoms with Crippen molar-refractivity contribution in [2.24, 2.45) is 0 Å². The van der Waals surface area contributed by atoms with E-state index in [1.54, 1.807) is 18.2 Å². The van der Waals surface area contributed by atoms with Crippen LogP contribution in [0.5, 0.6) is 0 Å². The van der Waals surface area contributed by atoms with Crippen molar-refractivity contribution < 1.29 is 4.79 Å². The van der Waals surface area contributed by atoms with Crippen molar-refractivity contribution in [1.29, 1.82) is 0 Å². The first-order chi connectivity index (χ1) is 15.8. The van der Waals surface area contributed by atoms with E-state index in [1.165, 1.54) is 11.8 Å². The third kappa shape index (κ3) is 5.24. The Morgan fingerprint density at radius 2 is 1.70 bits per heavy atom. The first-order valence-electron chi connectivity index (χ1n) is 10.3. The van der Waals surface area contributed by atoms with Crippen molar-refractivity contribution in [1.82, 2.24) is 14.8 Å². The van der Waals surface area contributed by atoms with Gasteiger partial charge in [-0.05, 0) is 51.1 Å². The maximum atomic E-state index is 12.9. The summed E-state index contributed by atoms with van der Waals surface area (Å²) in [5.74, 6) is 0.510. The van der Waals surface area contributed by atoms with Gasteiger partial charge in [-0.25, -0.2) is 0 Å². The van der Waals surface area contributed by atoms with Crippen LogP contribution in [0.3, 0.4) is 0 Å². The SMILES string of the molecule is Cc1ccc(-n2c(SC(C)C(=O)Nc3cccc(Cl)c3Cl)nnc2-c2cccc(C)c2)cc1. The Hall–Kier alpha value is -2.80. The highest BCUT2D eigenvalue weighted by molar-refractivity contribution is 8.00. The molecule has 3 aromatic carbocycles. The second-order valence-electron chi connectivity index (χ2n) is 7.70. The molecule has 4 rings (SSSR count). The Morgan fingerprint density at radius 3 is 2.42 bits per heavy atom. The number of carbonyl (C=O) groups is 1. The third-order valence-corrected chi connectivity index (χ3v) is 6.92. The summed E-state index contributed by atoms with van der Waals surface area (Å²) in [5, 5.41) is 12.6. The number of amides is 1. The number of aromatic nitrogens is 3. The lowest BCUT2D eigenvalue weighted by Gasteiger charge is -2.15. The van der Waals surface area contributed by atoms with Gasteiger partial charge in [-0.1, -0.05) is 82.5 Å². The first kappa shape index (κ1) is 23.4. The highest BCUT2D eigenvalue weighted by Gasteiger charge is 2.22. The molecular formula is C25H22Cl2N4OS. The third-order valence-electron chi connectivity index (χ3n) is 5.06. The first-order valence-corrected chi connectivity index (χ1v) is 12.0. The van der Waals surface area contributed by atoms with Crippen LogP contribution in [0.15, 0.2) is 71.9 Å². The molecule has 0 radical (unpaired) electrons. The second-order valence-corrected chi connectivity index (χ2v) is 9.79. The largest absolute Gasteiger partial charge is 0.324 e. The zero-order valence-corrected chi connectivity index (χ0v) is 20.7. The van der Waals surface area contributed by atoms with Gasteiger partial charge in [0, 0.05) is 11.3 Å². The average molecular weight is 497 g/mol. The monoisotopic (exact) mass is 496 g/mol. The number of nitrogens with one attached hydrogen (secondary N) is 1. The summed E-state index contributed by atoms with van der Waals surface area (Å²) < 4.78 is 1.98. The Bertz CT molecular complexity index is 1300. The lowest BCUT2D eigenvalue weighted by molar-refractivity contribution is -0.115. The van der Waals surface area contributed by atoms with Crippen molar-refractivity contribution in [2.45, 2.75) is 31.2 Å². The van der Waals surface area contributed by atoms with Gasteiger partial charge in [0.25, 0.3) is 0 Å². The lowest BCUT2D eigenvalue weighted by Crippen LogP contribution is -2.23. The Labute approximate surface area is 207 Å². The number of thioether (sulfide) groups is 1. The van der Waals surface area contributed by atoms with Gasteiger partial charge in [0.15, 0.2) is 11.0 Å². The highest BCUT2D eigenvalue weighted by atomic mass is 35.5. The maximum absolute atomic E-state index is 12.9. The van der Waals surface area contributed by atoms with Crippen LogP contribution in [0.2, 0.25) is 10.0 Å². The van der Waals surface area contributed by atoms with E-state index in [4.69, 9.17) is 23.2 Å². The number of rotatable bonds is 6. The van der Waals surface area contributed by atoms with Crippen LogP contribution in [-0.2, 0) is 4.79 Å². The van der Waals surface area contributed by atoms with Crippen molar-refractivity contribution in [3.63, 3.8) is 0 Å². The fourth-order valence-electron chi connectivity index (χ4n) is 3.29. The Balaban J connectivity index is 1.66. The Kier molecular flexibility index (Phi) is 7.08. The molecule has 0 spiro atoms. The topological polar surface area (TPSA) is 59.8 Å². The molecule has 0 aliphatic carbocycles. The number of aryl methyl sites for hydroxylation is 2. The molecule has 1 atom stereocenters. The molecule has 0 saturated carbocycles. The van der Waals surface area contributed by atoms with Gasteiger partial charge in [0.2, 0.25) is 5.91 Å². The van der Waals surface area contributed by atoms with Gasteiger partial charge >= 0.3 is 0 Å². The van der Waals surface area contributed by atoms with Crippen LogP contribution >= 0.6 is 35.0 Å². The van der Waals surface area contributed by atoms with Crippen molar-refractivity contribution in [2.75, 3.05) is 5.32 Å². The number of hydrogen-bond donors (Lipinski definition) is 1. The van der Waals surface area contributed by atoms with Crippen molar-refractivity contribution >= 4 is 46.6 Å². The van der Waals surface area contributed by atoms with E-state index in [2.05, 4.69) is 21.6 Å². The zero-order valence-electron chi connectivity index (χ0n) is 18.3. The molecule has 168 valence electrons. The molecule has 0 fully saturated rings. The van der Waals surface area contributed by atoms with Crippen LogP contribution in [-0.4, -0.2) is 25.9 Å². The number of carbonyl (C=O) groups excluding carboxylic acids is 1. The van der Waals surface area contributed by atoms with E-state index in [1.807, 2.05) is 67.8 Å². The summed E-state index contributed by atoms with van der Waals surface area (Å²) in [6.45, 7) is 5.90. The van der Waals surface area contributed by atoms with E-state index in [0.717, 1.165) is 28.2 Å². The summed E-state index contributed by atoms with van der Waals surface area (Å²) >= 11 is 13.6. The molecule has 0 bridgehead atoms. The molecule has 4 aromatic rings. The number of nitrogens with zero attached hydrogens (tertiary/aromatic N) is 3. The number of halogens is 2. The predicted octanol–water partition coefficient (Wildman–Crippen LogP) is 6.98. The second kappa shape index (κ2) is 10.00. The smallest absolute Gasteiger partial charge is 0.237 e. The molecule has 1 aromatic heterocycles. The van der Waals surface area contributed by atoms with E-state index >= 15 is 0 Å². The minimum absolute atomic E-state index is 0.209. The van der Waals surface area contributed by atoms with Gasteiger partial charge in [-0.3, -0.25) is 9.36 Å². The number of hydrogen-bond acceptors (Lipinski definition) is 4. The molecule has 33 heavy (non-hydrogen) atoms. The minimum atomic E-state index is -0.459. The van der Waals surface area contributed by atoms with E-state index in [0.29, 0.717) is 20.9 Å². The summed E-state index contributed by atoms with van der Waals surface area (Å²) in [7, 11) is 0. The lowest BCUT2D eigenvalue weighted by atomic mass is 10.1. The molecule has 0 aliphatic heterocycles. The average Bonchev–Trinajstić information content (AvgIpc) is 3.21. The molecule has 0 aliphatic rings. The van der Waals surface area contributed by atoms with Crippen LogP contribution in [0.4, 0.5) is 5.69 Å². The number of benzene rings is 3. The van der Waals surface area contributed by atoms with Gasteiger partial charge in [-0.2, -0.15) is 0 Å². The molecule has 5 nitrogen and oxygen atoms in total. The molecular weight excluding hydrogens is 475 g/mol. The standard InChI is InChI=1S/C25H22Cl2N4OS/c1-15-10-12-19(13-11-15)31-23(18-7-4-6-16(2)14-18)29-30-25(31)33-17(3)24(32)28-21-9-5-8-20(26)22(21)27/h4-14,17H,1-3H3,(H,28,32).